The highest BCUT2D eigenvalue weighted by Gasteiger charge is 2.54. The molecule has 2 aromatic carbocycles. The molecule has 2 aliphatic heterocycles. The van der Waals surface area contributed by atoms with E-state index in [0.29, 0.717) is 36.9 Å². The Morgan fingerprint density at radius 1 is 1.17 bits per heavy atom. The molecule has 252 valence electrons. The highest BCUT2D eigenvalue weighted by molar-refractivity contribution is 7.98. The van der Waals surface area contributed by atoms with Gasteiger partial charge in [-0.15, -0.1) is 0 Å². The zero-order valence-electron chi connectivity index (χ0n) is 27.7. The molecule has 1 amide bonds. The second-order valence-corrected chi connectivity index (χ2v) is 18.7. The molecule has 2 heterocycles. The van der Waals surface area contributed by atoms with Crippen molar-refractivity contribution in [3.63, 3.8) is 0 Å². The van der Waals surface area contributed by atoms with Crippen LogP contribution in [0.5, 0.6) is 5.75 Å². The monoisotopic (exact) mass is 697 g/mol. The Bertz CT molecular complexity index is 1820. The summed E-state index contributed by atoms with van der Waals surface area (Å²) in [5, 5.41) is 15.3. The normalized spacial score (nSPS) is 33.9. The van der Waals surface area contributed by atoms with Crippen LogP contribution in [0, 0.1) is 28.4 Å². The largest absolute Gasteiger partial charge is 0.490 e. The Morgan fingerprint density at radius 2 is 1.96 bits per heavy atom. The molecule has 0 radical (unpaired) electrons. The standard InChI is InChI=1S/C37H45ClN2O5S2/c1-25-8-6-16-37(42,18-19-46(4)5)33-14-17-35(33,3)22-40-23-36(15-7-9-27-20-29(38)11-12-30(27)36)24-45-32-13-10-28(21-31(32)40)34(41)39-47(43,44)26(25)2/h6,10-13,16,20-21,25-26,33,42H,4,7-9,14-15,17,22-24H2,1-3,5H3,(H,39,41)/p+1. The number of thiol groups is 1. The first-order valence-electron chi connectivity index (χ1n) is 16.5. The second kappa shape index (κ2) is 12.6. The molecule has 2 N–H and O–H groups in total. The number of nitrogens with one attached hydrogen (secondary N) is 1. The fourth-order valence-electron chi connectivity index (χ4n) is 8.06. The van der Waals surface area contributed by atoms with Crippen LogP contribution >= 0.6 is 11.6 Å². The van der Waals surface area contributed by atoms with Gasteiger partial charge in [0.15, 0.2) is 5.60 Å². The third-order valence-corrected chi connectivity index (χ3v) is 13.7. The predicted octanol–water partition coefficient (Wildman–Crippen LogP) is 5.38. The maximum absolute atomic E-state index is 13.5. The van der Waals surface area contributed by atoms with Crippen LogP contribution in [-0.2, 0) is 32.3 Å². The number of anilines is 1. The molecule has 6 rings (SSSR count). The van der Waals surface area contributed by atoms with Gasteiger partial charge in [-0.2, -0.15) is 0 Å². The third kappa shape index (κ3) is 6.51. The molecule has 0 saturated heterocycles. The first kappa shape index (κ1) is 34.1. The Labute approximate surface area is 287 Å². The van der Waals surface area contributed by atoms with E-state index in [1.807, 2.05) is 25.3 Å². The number of hydrogen-bond acceptors (Lipinski definition) is 6. The first-order chi connectivity index (χ1) is 22.1. The quantitative estimate of drug-likeness (QED) is 0.126. The number of ether oxygens (including phenoxy) is 1. The Balaban J connectivity index is 1.50. The van der Waals surface area contributed by atoms with Gasteiger partial charge in [0.25, 0.3) is 5.91 Å². The number of aryl methyl sites for hydroxylation is 1. The summed E-state index contributed by atoms with van der Waals surface area (Å²) in [6.45, 7) is 7.37. The van der Waals surface area contributed by atoms with Gasteiger partial charge in [0.1, 0.15) is 11.0 Å². The fourth-order valence-corrected chi connectivity index (χ4v) is 9.91. The number of nitrogens with zero attached hydrogens (tertiary/aromatic N) is 1. The van der Waals surface area contributed by atoms with Gasteiger partial charge in [-0.25, -0.2) is 13.1 Å². The minimum absolute atomic E-state index is 0.162. The molecule has 2 aromatic rings. The minimum Gasteiger partial charge on any atom is -0.490 e. The van der Waals surface area contributed by atoms with Crippen molar-refractivity contribution in [3.8, 4) is 16.9 Å². The third-order valence-electron chi connectivity index (χ3n) is 11.1. The van der Waals surface area contributed by atoms with Crippen LogP contribution in [-0.4, -0.2) is 62.1 Å². The molecule has 7 nitrogen and oxygen atoms in total. The second-order valence-electron chi connectivity index (χ2n) is 14.6. The lowest BCUT2D eigenvalue weighted by Gasteiger charge is -2.54. The molecule has 2 bridgehead atoms. The van der Waals surface area contributed by atoms with Crippen LogP contribution in [0.3, 0.4) is 0 Å². The van der Waals surface area contributed by atoms with Crippen molar-refractivity contribution in [2.75, 3.05) is 30.9 Å². The number of fused-ring (bicyclic) bond motifs is 4. The SMILES string of the molecule is C=[SH+](C)C#CC1(O)C=CCC(C)C(C)S(=O)(=O)NC(=O)c2ccc3c(c2)N(CC2(CCCc4cc(Cl)ccc42)CO3)CC2(C)CCC12. The van der Waals surface area contributed by atoms with E-state index < -0.39 is 37.3 Å². The molecular weight excluding hydrogens is 652 g/mol. The molecular formula is C37H46ClN2O5S2+. The average molecular weight is 698 g/mol. The average Bonchev–Trinajstić information content (AvgIpc) is 3.15. The van der Waals surface area contributed by atoms with Crippen LogP contribution in [0.1, 0.15) is 74.4 Å². The number of halogens is 1. The topological polar surface area (TPSA) is 95.9 Å². The lowest BCUT2D eigenvalue weighted by atomic mass is 9.54. The maximum Gasteiger partial charge on any atom is 0.264 e. The number of hydrogen-bond donors (Lipinski definition) is 2. The molecule has 7 unspecified atom stereocenters. The lowest BCUT2D eigenvalue weighted by molar-refractivity contribution is -0.0613. The molecule has 47 heavy (non-hydrogen) atoms. The van der Waals surface area contributed by atoms with Crippen molar-refractivity contribution in [2.45, 2.75) is 75.6 Å². The van der Waals surface area contributed by atoms with E-state index >= 15 is 0 Å². The zero-order valence-corrected chi connectivity index (χ0v) is 30.1. The van der Waals surface area contributed by atoms with Crippen LogP contribution < -0.4 is 14.4 Å². The Morgan fingerprint density at radius 3 is 2.68 bits per heavy atom. The summed E-state index contributed by atoms with van der Waals surface area (Å²) in [5.41, 5.74) is 1.42. The molecule has 2 aliphatic carbocycles. The van der Waals surface area contributed by atoms with Gasteiger partial charge in [0, 0.05) is 35.0 Å². The number of benzene rings is 2. The van der Waals surface area contributed by atoms with Gasteiger partial charge in [-0.1, -0.05) is 48.1 Å². The summed E-state index contributed by atoms with van der Waals surface area (Å²) in [6, 6.07) is 11.3. The van der Waals surface area contributed by atoms with Crippen molar-refractivity contribution in [1.82, 2.24) is 4.72 Å². The van der Waals surface area contributed by atoms with Gasteiger partial charge < -0.3 is 14.7 Å². The smallest absolute Gasteiger partial charge is 0.264 e. The number of aliphatic hydroxyl groups is 1. The van der Waals surface area contributed by atoms with E-state index in [9.17, 15) is 18.3 Å². The maximum atomic E-state index is 13.5. The van der Waals surface area contributed by atoms with Crippen LogP contribution in [0.25, 0.3) is 0 Å². The van der Waals surface area contributed by atoms with E-state index in [1.165, 1.54) is 11.1 Å². The van der Waals surface area contributed by atoms with Crippen LogP contribution in [0.2, 0.25) is 5.02 Å². The van der Waals surface area contributed by atoms with Gasteiger partial charge in [0.05, 0.1) is 29.7 Å². The zero-order chi connectivity index (χ0) is 33.8. The number of carbonyl (C=O) groups is 1. The molecule has 1 saturated carbocycles. The van der Waals surface area contributed by atoms with Crippen molar-refractivity contribution in [2.24, 2.45) is 17.3 Å². The molecule has 7 atom stereocenters. The first-order valence-corrected chi connectivity index (χ1v) is 20.4. The summed E-state index contributed by atoms with van der Waals surface area (Å²) in [6.07, 6.45) is 10.6. The molecule has 1 fully saturated rings. The van der Waals surface area contributed by atoms with Crippen LogP contribution in [0.15, 0.2) is 48.6 Å². The van der Waals surface area contributed by atoms with Gasteiger partial charge in [-0.05, 0) is 110 Å². The van der Waals surface area contributed by atoms with E-state index in [4.69, 9.17) is 16.3 Å². The van der Waals surface area contributed by atoms with Crippen molar-refractivity contribution in [3.05, 3.63) is 70.3 Å². The van der Waals surface area contributed by atoms with E-state index in [-0.39, 0.29) is 28.2 Å². The molecule has 0 aromatic heterocycles. The minimum atomic E-state index is -3.99. The van der Waals surface area contributed by atoms with E-state index in [2.05, 4.69) is 45.7 Å². The fraction of sp³-hybridized carbons (Fsp3) is 0.514. The van der Waals surface area contributed by atoms with Gasteiger partial charge >= 0.3 is 0 Å². The number of sulfonamides is 1. The van der Waals surface area contributed by atoms with Crippen molar-refractivity contribution in [1.29, 1.82) is 0 Å². The number of carbonyl (C=O) groups excluding carboxylic acids is 1. The van der Waals surface area contributed by atoms with E-state index in [1.54, 1.807) is 31.2 Å². The summed E-state index contributed by atoms with van der Waals surface area (Å²) < 4.78 is 35.7. The predicted molar refractivity (Wildman–Crippen MR) is 194 cm³/mol. The number of allylic oxidation sites excluding steroid dienone is 1. The van der Waals surface area contributed by atoms with Gasteiger partial charge in [0.2, 0.25) is 10.0 Å². The highest BCUT2D eigenvalue weighted by Crippen LogP contribution is 2.54. The summed E-state index contributed by atoms with van der Waals surface area (Å²) >= 11 is 6.44. The van der Waals surface area contributed by atoms with Crippen molar-refractivity contribution >= 4 is 49.6 Å². The molecule has 4 aliphatic rings. The Hall–Kier alpha value is -2.77. The number of rotatable bonds is 0. The summed E-state index contributed by atoms with van der Waals surface area (Å²) in [4.78, 5) is 15.8. The highest BCUT2D eigenvalue weighted by atomic mass is 35.5. The summed E-state index contributed by atoms with van der Waals surface area (Å²) in [7, 11) is -4.80. The lowest BCUT2D eigenvalue weighted by Crippen LogP contribution is -2.57. The van der Waals surface area contributed by atoms with Crippen molar-refractivity contribution < 1.29 is 23.1 Å². The van der Waals surface area contributed by atoms with E-state index in [0.717, 1.165) is 37.8 Å². The molecule has 10 heteroatoms. The Kier molecular flexibility index (Phi) is 9.14. The van der Waals surface area contributed by atoms with Gasteiger partial charge in [-0.3, -0.25) is 4.79 Å². The molecule has 1 spiro atoms. The summed E-state index contributed by atoms with van der Waals surface area (Å²) in [5.74, 6) is 6.81. The number of amides is 1. The van der Waals surface area contributed by atoms with Crippen LogP contribution in [0.4, 0.5) is 5.69 Å².